The maximum Gasteiger partial charge on any atom is 0.257 e. The summed E-state index contributed by atoms with van der Waals surface area (Å²) in [6, 6.07) is 7.25. The molecule has 0 spiro atoms. The van der Waals surface area contributed by atoms with Crippen LogP contribution in [-0.4, -0.2) is 75.2 Å². The Morgan fingerprint density at radius 2 is 1.86 bits per heavy atom. The van der Waals surface area contributed by atoms with Gasteiger partial charge in [0.15, 0.2) is 0 Å². The van der Waals surface area contributed by atoms with Gasteiger partial charge >= 0.3 is 0 Å². The Hall–Kier alpha value is -1.64. The molecule has 1 aliphatic heterocycles. The molecule has 2 aliphatic rings. The molecule has 0 unspecified atom stereocenters. The highest BCUT2D eigenvalue weighted by Gasteiger charge is 2.31. The summed E-state index contributed by atoms with van der Waals surface area (Å²) in [5.41, 5.74) is 0.496. The van der Waals surface area contributed by atoms with E-state index in [1.165, 1.54) is 10.7 Å². The minimum absolute atomic E-state index is 0.0373. The molecule has 28 heavy (non-hydrogen) atoms. The summed E-state index contributed by atoms with van der Waals surface area (Å²) in [4.78, 5) is 15.1. The van der Waals surface area contributed by atoms with E-state index >= 15 is 0 Å². The average molecular weight is 410 g/mol. The molecule has 0 radical (unpaired) electrons. The predicted molar refractivity (Wildman–Crippen MR) is 109 cm³/mol. The number of hydrogen-bond donors (Lipinski definition) is 1. The summed E-state index contributed by atoms with van der Waals surface area (Å²) in [6.07, 6.45) is 5.17. The summed E-state index contributed by atoms with van der Waals surface area (Å²) in [7, 11) is -1.83. The standard InChI is InChI=1S/C20H31N3O4S/c1-27-19-10-6-5-9-18(19)20(24)23(17-7-3-2-4-8-17)15-16-28(25,26)22-13-11-21-12-14-22/h5-6,9-10,17,21H,2-4,7-8,11-16H2,1H3. The lowest BCUT2D eigenvalue weighted by Crippen LogP contribution is -2.50. The molecule has 1 saturated heterocycles. The van der Waals surface area contributed by atoms with Crippen molar-refractivity contribution in [2.75, 3.05) is 45.6 Å². The molecule has 156 valence electrons. The van der Waals surface area contributed by atoms with Crippen molar-refractivity contribution in [2.45, 2.75) is 38.1 Å². The molecular weight excluding hydrogens is 378 g/mol. The molecule has 1 aliphatic carbocycles. The second-order valence-corrected chi connectivity index (χ2v) is 9.54. The van der Waals surface area contributed by atoms with Crippen LogP contribution < -0.4 is 10.1 Å². The Balaban J connectivity index is 1.78. The Kier molecular flexibility index (Phi) is 7.31. The molecule has 1 saturated carbocycles. The molecule has 8 heteroatoms. The number of benzene rings is 1. The number of sulfonamides is 1. The lowest BCUT2D eigenvalue weighted by Gasteiger charge is -2.35. The first-order valence-electron chi connectivity index (χ1n) is 10.2. The lowest BCUT2D eigenvalue weighted by molar-refractivity contribution is 0.0646. The second kappa shape index (κ2) is 9.71. The van der Waals surface area contributed by atoms with Gasteiger partial charge in [-0.1, -0.05) is 31.4 Å². The van der Waals surface area contributed by atoms with Crippen molar-refractivity contribution < 1.29 is 17.9 Å². The van der Waals surface area contributed by atoms with E-state index in [1.54, 1.807) is 24.1 Å². The molecule has 7 nitrogen and oxygen atoms in total. The molecule has 1 aromatic carbocycles. The fraction of sp³-hybridized carbons (Fsp3) is 0.650. The summed E-state index contributed by atoms with van der Waals surface area (Å²) in [6.45, 7) is 2.55. The summed E-state index contributed by atoms with van der Waals surface area (Å²) < 4.78 is 32.5. The third-order valence-corrected chi connectivity index (χ3v) is 7.52. The average Bonchev–Trinajstić information content (AvgIpc) is 2.75. The number of piperazine rings is 1. The van der Waals surface area contributed by atoms with Crippen molar-refractivity contribution in [3.8, 4) is 5.75 Å². The van der Waals surface area contributed by atoms with Gasteiger partial charge in [-0.15, -0.1) is 0 Å². The zero-order valence-corrected chi connectivity index (χ0v) is 17.4. The summed E-state index contributed by atoms with van der Waals surface area (Å²) in [5.74, 6) is 0.350. The SMILES string of the molecule is COc1ccccc1C(=O)N(CCS(=O)(=O)N1CCNCC1)C1CCCCC1. The zero-order valence-electron chi connectivity index (χ0n) is 16.6. The highest BCUT2D eigenvalue weighted by molar-refractivity contribution is 7.89. The van der Waals surface area contributed by atoms with Gasteiger partial charge < -0.3 is 15.0 Å². The van der Waals surface area contributed by atoms with Gasteiger partial charge in [0.05, 0.1) is 18.4 Å². The van der Waals surface area contributed by atoms with Gasteiger partial charge in [0, 0.05) is 38.8 Å². The molecule has 2 fully saturated rings. The van der Waals surface area contributed by atoms with Gasteiger partial charge in [-0.25, -0.2) is 8.42 Å². The highest BCUT2D eigenvalue weighted by atomic mass is 32.2. The minimum Gasteiger partial charge on any atom is -0.496 e. The van der Waals surface area contributed by atoms with Gasteiger partial charge in [-0.2, -0.15) is 4.31 Å². The molecule has 0 aromatic heterocycles. The van der Waals surface area contributed by atoms with Crippen LogP contribution in [0, 0.1) is 0 Å². The van der Waals surface area contributed by atoms with E-state index in [0.29, 0.717) is 37.5 Å². The first kappa shape index (κ1) is 21.1. The van der Waals surface area contributed by atoms with Crippen LogP contribution in [0.3, 0.4) is 0 Å². The lowest BCUT2D eigenvalue weighted by atomic mass is 9.93. The van der Waals surface area contributed by atoms with Gasteiger partial charge in [0.2, 0.25) is 10.0 Å². The van der Waals surface area contributed by atoms with Crippen LogP contribution in [0.25, 0.3) is 0 Å². The normalized spacial score (nSPS) is 19.3. The number of nitrogens with one attached hydrogen (secondary N) is 1. The van der Waals surface area contributed by atoms with Crippen LogP contribution in [-0.2, 0) is 10.0 Å². The number of rotatable bonds is 7. The van der Waals surface area contributed by atoms with Crippen LogP contribution in [0.2, 0.25) is 0 Å². The number of carbonyl (C=O) groups excluding carboxylic acids is 1. The molecule has 1 aromatic rings. The highest BCUT2D eigenvalue weighted by Crippen LogP contribution is 2.27. The van der Waals surface area contributed by atoms with Crippen LogP contribution in [0.1, 0.15) is 42.5 Å². The maximum absolute atomic E-state index is 13.3. The number of nitrogens with zero attached hydrogens (tertiary/aromatic N) is 2. The Labute approximate surface area is 168 Å². The van der Waals surface area contributed by atoms with Crippen molar-refractivity contribution in [1.29, 1.82) is 0 Å². The molecule has 3 rings (SSSR count). The van der Waals surface area contributed by atoms with E-state index in [0.717, 1.165) is 25.7 Å². The van der Waals surface area contributed by atoms with Crippen LogP contribution in [0.5, 0.6) is 5.75 Å². The smallest absolute Gasteiger partial charge is 0.257 e. The topological polar surface area (TPSA) is 79.0 Å². The van der Waals surface area contributed by atoms with Gasteiger partial charge in [0.1, 0.15) is 5.75 Å². The largest absolute Gasteiger partial charge is 0.496 e. The van der Waals surface area contributed by atoms with E-state index in [9.17, 15) is 13.2 Å². The Morgan fingerprint density at radius 1 is 1.18 bits per heavy atom. The third-order valence-electron chi connectivity index (χ3n) is 5.67. The number of amides is 1. The monoisotopic (exact) mass is 409 g/mol. The summed E-state index contributed by atoms with van der Waals surface area (Å²) in [5, 5.41) is 3.17. The molecule has 1 N–H and O–H groups in total. The van der Waals surface area contributed by atoms with Gasteiger partial charge in [-0.05, 0) is 25.0 Å². The van der Waals surface area contributed by atoms with E-state index in [2.05, 4.69) is 5.32 Å². The van der Waals surface area contributed by atoms with Gasteiger partial charge in [0.25, 0.3) is 5.91 Å². The van der Waals surface area contributed by atoms with Crippen molar-refractivity contribution in [3.05, 3.63) is 29.8 Å². The van der Waals surface area contributed by atoms with Gasteiger partial charge in [-0.3, -0.25) is 4.79 Å². The van der Waals surface area contributed by atoms with Crippen molar-refractivity contribution >= 4 is 15.9 Å². The first-order chi connectivity index (χ1) is 13.5. The number of para-hydroxylation sites is 1. The number of methoxy groups -OCH3 is 1. The van der Waals surface area contributed by atoms with E-state index in [-0.39, 0.29) is 24.2 Å². The number of ether oxygens (including phenoxy) is 1. The van der Waals surface area contributed by atoms with Crippen molar-refractivity contribution in [1.82, 2.24) is 14.5 Å². The molecule has 1 amide bonds. The van der Waals surface area contributed by atoms with Crippen LogP contribution in [0.4, 0.5) is 0 Å². The first-order valence-corrected chi connectivity index (χ1v) is 11.8. The molecule has 0 bridgehead atoms. The minimum atomic E-state index is -3.38. The Bertz CT molecular complexity index is 756. The Morgan fingerprint density at radius 3 is 2.54 bits per heavy atom. The third kappa shape index (κ3) is 5.04. The summed E-state index contributed by atoms with van der Waals surface area (Å²) >= 11 is 0. The fourth-order valence-electron chi connectivity index (χ4n) is 4.08. The second-order valence-electron chi connectivity index (χ2n) is 7.46. The zero-order chi connectivity index (χ0) is 20.0. The quantitative estimate of drug-likeness (QED) is 0.742. The van der Waals surface area contributed by atoms with Crippen molar-refractivity contribution in [3.63, 3.8) is 0 Å². The number of carbonyl (C=O) groups is 1. The van der Waals surface area contributed by atoms with Crippen molar-refractivity contribution in [2.24, 2.45) is 0 Å². The fourth-order valence-corrected chi connectivity index (χ4v) is 5.51. The van der Waals surface area contributed by atoms with Crippen LogP contribution in [0.15, 0.2) is 24.3 Å². The predicted octanol–water partition coefficient (Wildman–Crippen LogP) is 1.71. The van der Waals surface area contributed by atoms with E-state index in [4.69, 9.17) is 4.74 Å². The maximum atomic E-state index is 13.3. The molecular formula is C20H31N3O4S. The number of hydrogen-bond acceptors (Lipinski definition) is 5. The van der Waals surface area contributed by atoms with Crippen LogP contribution >= 0.6 is 0 Å². The molecule has 0 atom stereocenters. The molecule has 1 heterocycles. The van der Waals surface area contributed by atoms with E-state index < -0.39 is 10.0 Å². The van der Waals surface area contributed by atoms with E-state index in [1.807, 2.05) is 12.1 Å².